The van der Waals surface area contributed by atoms with Crippen molar-refractivity contribution in [3.63, 3.8) is 0 Å². The Hall–Kier alpha value is -1.13. The lowest BCUT2D eigenvalue weighted by molar-refractivity contribution is 0.0401. The normalized spacial score (nSPS) is 27.5. The van der Waals surface area contributed by atoms with Gasteiger partial charge >= 0.3 is 0 Å². The van der Waals surface area contributed by atoms with Crippen LogP contribution in [0.4, 0.5) is 0 Å². The molecule has 1 aliphatic heterocycles. The third kappa shape index (κ3) is 3.13. The van der Waals surface area contributed by atoms with E-state index in [9.17, 15) is 0 Å². The third-order valence-electron chi connectivity index (χ3n) is 4.63. The summed E-state index contributed by atoms with van der Waals surface area (Å²) in [7, 11) is 1.69. The quantitative estimate of drug-likeness (QED) is 0.897. The molecule has 2 rings (SSSR count). The van der Waals surface area contributed by atoms with Gasteiger partial charge in [0.1, 0.15) is 0 Å². The average Bonchev–Trinajstić information content (AvgIpc) is 2.50. The van der Waals surface area contributed by atoms with Gasteiger partial charge in [0.2, 0.25) is 5.88 Å². The molecule has 0 bridgehead atoms. The topological polar surface area (TPSA) is 37.4 Å². The molecule has 1 aliphatic rings. The van der Waals surface area contributed by atoms with E-state index in [2.05, 4.69) is 42.0 Å². The predicted molar refractivity (Wildman–Crippen MR) is 82.0 cm³/mol. The fraction of sp³-hybridized carbons (Fsp3) is 0.688. The van der Waals surface area contributed by atoms with Crippen LogP contribution < -0.4 is 10.1 Å². The highest BCUT2D eigenvalue weighted by Crippen LogP contribution is 2.27. The summed E-state index contributed by atoms with van der Waals surface area (Å²) >= 11 is 0. The van der Waals surface area contributed by atoms with Gasteiger partial charge in [0, 0.05) is 43.0 Å². The molecule has 0 radical (unpaired) electrons. The lowest BCUT2D eigenvalue weighted by Gasteiger charge is -2.48. The minimum atomic E-state index is 0.201. The molecule has 112 valence electrons. The minimum Gasteiger partial charge on any atom is -0.481 e. The lowest BCUT2D eigenvalue weighted by Crippen LogP contribution is -2.62. The summed E-state index contributed by atoms with van der Waals surface area (Å²) in [4.78, 5) is 6.89. The maximum Gasteiger partial charge on any atom is 0.217 e. The van der Waals surface area contributed by atoms with Gasteiger partial charge in [0.25, 0.3) is 0 Å². The summed E-state index contributed by atoms with van der Waals surface area (Å²) in [5, 5.41) is 3.67. The van der Waals surface area contributed by atoms with E-state index in [0.29, 0.717) is 6.04 Å². The lowest BCUT2D eigenvalue weighted by atomic mass is 9.91. The summed E-state index contributed by atoms with van der Waals surface area (Å²) in [6.45, 7) is 9.88. The molecule has 0 aliphatic carbocycles. The average molecular weight is 277 g/mol. The van der Waals surface area contributed by atoms with Crippen LogP contribution in [0.3, 0.4) is 0 Å². The van der Waals surface area contributed by atoms with Gasteiger partial charge in [-0.05, 0) is 25.8 Å². The van der Waals surface area contributed by atoms with Crippen LogP contribution in [0.5, 0.6) is 5.88 Å². The van der Waals surface area contributed by atoms with Crippen molar-refractivity contribution in [3.05, 3.63) is 23.9 Å². The minimum absolute atomic E-state index is 0.201. The van der Waals surface area contributed by atoms with E-state index in [4.69, 9.17) is 4.74 Å². The van der Waals surface area contributed by atoms with Crippen LogP contribution in [0, 0.1) is 0 Å². The molecular formula is C16H27N3O. The Morgan fingerprint density at radius 3 is 2.95 bits per heavy atom. The molecule has 1 N–H and O–H groups in total. The molecule has 0 spiro atoms. The Morgan fingerprint density at radius 2 is 2.30 bits per heavy atom. The summed E-state index contributed by atoms with van der Waals surface area (Å²) in [6.07, 6.45) is 4.09. The van der Waals surface area contributed by atoms with E-state index in [1.807, 2.05) is 6.07 Å². The monoisotopic (exact) mass is 277 g/mol. The first-order valence-corrected chi connectivity index (χ1v) is 7.59. The molecule has 1 saturated heterocycles. The first-order valence-electron chi connectivity index (χ1n) is 7.59. The zero-order valence-corrected chi connectivity index (χ0v) is 13.1. The molecule has 2 heterocycles. The van der Waals surface area contributed by atoms with Crippen LogP contribution in [0.25, 0.3) is 0 Å². The van der Waals surface area contributed by atoms with Crippen LogP contribution in [0.15, 0.2) is 18.3 Å². The predicted octanol–water partition coefficient (Wildman–Crippen LogP) is 2.44. The number of nitrogens with one attached hydrogen (secondary N) is 1. The highest BCUT2D eigenvalue weighted by Gasteiger charge is 2.36. The molecule has 0 saturated carbocycles. The Bertz CT molecular complexity index is 437. The fourth-order valence-corrected chi connectivity index (χ4v) is 2.84. The maximum atomic E-state index is 5.39. The molecule has 0 amide bonds. The molecule has 2 unspecified atom stereocenters. The van der Waals surface area contributed by atoms with Crippen molar-refractivity contribution in [2.75, 3.05) is 20.2 Å². The van der Waals surface area contributed by atoms with Gasteiger partial charge in [0.05, 0.1) is 7.11 Å². The van der Waals surface area contributed by atoms with Crippen molar-refractivity contribution in [3.8, 4) is 5.88 Å². The summed E-state index contributed by atoms with van der Waals surface area (Å²) in [5.41, 5.74) is 1.37. The molecule has 1 fully saturated rings. The van der Waals surface area contributed by atoms with Gasteiger partial charge in [-0.15, -0.1) is 0 Å². The number of hydrogen-bond acceptors (Lipinski definition) is 4. The number of aromatic nitrogens is 1. The zero-order valence-electron chi connectivity index (χ0n) is 13.1. The Labute approximate surface area is 122 Å². The second kappa shape index (κ2) is 6.55. The number of methoxy groups -OCH3 is 1. The van der Waals surface area contributed by atoms with Crippen molar-refractivity contribution >= 4 is 0 Å². The van der Waals surface area contributed by atoms with Gasteiger partial charge in [0.15, 0.2) is 0 Å². The largest absolute Gasteiger partial charge is 0.481 e. The molecule has 4 nitrogen and oxygen atoms in total. The van der Waals surface area contributed by atoms with E-state index in [0.717, 1.165) is 31.9 Å². The maximum absolute atomic E-state index is 5.39. The first-order chi connectivity index (χ1) is 9.62. The third-order valence-corrected chi connectivity index (χ3v) is 4.63. The standard InChI is InChI=1S/C16H27N3O/c1-5-14-11-19(16(3,6-2)12-18-14)10-13-8-7-9-17-15(13)20-4/h7-9,14,18H,5-6,10-12H2,1-4H3. The van der Waals surface area contributed by atoms with Gasteiger partial charge < -0.3 is 10.1 Å². The summed E-state index contributed by atoms with van der Waals surface area (Å²) in [5.74, 6) is 0.748. The van der Waals surface area contributed by atoms with Crippen molar-refractivity contribution in [1.82, 2.24) is 15.2 Å². The van der Waals surface area contributed by atoms with Gasteiger partial charge in [-0.3, -0.25) is 4.90 Å². The molecule has 2 atom stereocenters. The van der Waals surface area contributed by atoms with Crippen molar-refractivity contribution in [1.29, 1.82) is 0 Å². The zero-order chi connectivity index (χ0) is 14.6. The smallest absolute Gasteiger partial charge is 0.217 e. The molecule has 1 aromatic heterocycles. The fourth-order valence-electron chi connectivity index (χ4n) is 2.84. The molecule has 4 heteroatoms. The number of ether oxygens (including phenoxy) is 1. The van der Waals surface area contributed by atoms with Crippen LogP contribution in [-0.2, 0) is 6.54 Å². The Morgan fingerprint density at radius 1 is 1.50 bits per heavy atom. The number of nitrogens with zero attached hydrogens (tertiary/aromatic N) is 2. The summed E-state index contributed by atoms with van der Waals surface area (Å²) < 4.78 is 5.39. The molecule has 1 aromatic rings. The first kappa shape index (κ1) is 15.3. The number of pyridine rings is 1. The second-order valence-electron chi connectivity index (χ2n) is 5.89. The summed E-state index contributed by atoms with van der Waals surface area (Å²) in [6, 6.07) is 4.68. The second-order valence-corrected chi connectivity index (χ2v) is 5.89. The molecular weight excluding hydrogens is 250 g/mol. The Balaban J connectivity index is 2.18. The van der Waals surface area contributed by atoms with Crippen molar-refractivity contribution < 1.29 is 4.74 Å². The molecule has 20 heavy (non-hydrogen) atoms. The van der Waals surface area contributed by atoms with E-state index in [1.165, 1.54) is 12.0 Å². The van der Waals surface area contributed by atoms with Crippen LogP contribution in [0.2, 0.25) is 0 Å². The number of hydrogen-bond donors (Lipinski definition) is 1. The van der Waals surface area contributed by atoms with E-state index < -0.39 is 0 Å². The van der Waals surface area contributed by atoms with E-state index >= 15 is 0 Å². The van der Waals surface area contributed by atoms with Crippen molar-refractivity contribution in [2.45, 2.75) is 51.7 Å². The molecule has 0 aromatic carbocycles. The number of piperazine rings is 1. The van der Waals surface area contributed by atoms with E-state index in [-0.39, 0.29) is 5.54 Å². The van der Waals surface area contributed by atoms with Gasteiger partial charge in [-0.1, -0.05) is 19.9 Å². The Kier molecular flexibility index (Phi) is 5.00. The number of rotatable bonds is 5. The van der Waals surface area contributed by atoms with E-state index in [1.54, 1.807) is 13.3 Å². The van der Waals surface area contributed by atoms with Gasteiger partial charge in [-0.2, -0.15) is 0 Å². The highest BCUT2D eigenvalue weighted by molar-refractivity contribution is 5.25. The van der Waals surface area contributed by atoms with Crippen LogP contribution in [0.1, 0.15) is 39.2 Å². The highest BCUT2D eigenvalue weighted by atomic mass is 16.5. The van der Waals surface area contributed by atoms with Crippen LogP contribution in [-0.4, -0.2) is 41.7 Å². The van der Waals surface area contributed by atoms with Crippen LogP contribution >= 0.6 is 0 Å². The van der Waals surface area contributed by atoms with Gasteiger partial charge in [-0.25, -0.2) is 4.98 Å². The SMILES string of the molecule is CCC1CN(Cc2cccnc2OC)C(C)(CC)CN1. The van der Waals surface area contributed by atoms with Crippen molar-refractivity contribution in [2.24, 2.45) is 0 Å².